The number of fused-ring (bicyclic) bond motifs is 2. The first-order valence-corrected chi connectivity index (χ1v) is 8.57. The number of hydrogen-bond donors (Lipinski definition) is 0. The summed E-state index contributed by atoms with van der Waals surface area (Å²) in [5.74, 6) is -0.0431. The van der Waals surface area contributed by atoms with E-state index in [2.05, 4.69) is 28.7 Å². The second-order valence-corrected chi connectivity index (χ2v) is 6.33. The molecule has 0 aliphatic carbocycles. The number of carbonyl (C=O) groups excluding carboxylic acids is 1. The van der Waals surface area contributed by atoms with Crippen LogP contribution >= 0.6 is 0 Å². The summed E-state index contributed by atoms with van der Waals surface area (Å²) in [7, 11) is 0. The Morgan fingerprint density at radius 3 is 2.88 bits per heavy atom. The van der Waals surface area contributed by atoms with Gasteiger partial charge < -0.3 is 9.47 Å². The fourth-order valence-corrected chi connectivity index (χ4v) is 3.65. The van der Waals surface area contributed by atoms with Gasteiger partial charge in [-0.3, -0.25) is 14.2 Å². The second kappa shape index (κ2) is 6.20. The third-order valence-corrected chi connectivity index (χ3v) is 4.91. The molecule has 1 amide bonds. The molecule has 3 aromatic rings. The smallest absolute Gasteiger partial charge is 0.261 e. The normalized spacial score (nSPS) is 16.8. The molecule has 0 saturated carbocycles. The Morgan fingerprint density at radius 2 is 2.04 bits per heavy atom. The summed E-state index contributed by atoms with van der Waals surface area (Å²) in [5.41, 5.74) is 1.64. The summed E-state index contributed by atoms with van der Waals surface area (Å²) in [6.45, 7) is 3.55. The van der Waals surface area contributed by atoms with Crippen LogP contribution in [-0.2, 0) is 17.9 Å². The molecule has 6 nitrogen and oxygen atoms in total. The molecule has 0 N–H and O–H groups in total. The fraction of sp³-hybridized carbons (Fsp3) is 0.316. The monoisotopic (exact) mass is 336 g/mol. The quantitative estimate of drug-likeness (QED) is 0.737. The Balaban J connectivity index is 1.62. The van der Waals surface area contributed by atoms with Crippen molar-refractivity contribution in [1.82, 2.24) is 19.0 Å². The number of hydrogen-bond acceptors (Lipinski definition) is 3. The molecular weight excluding hydrogens is 316 g/mol. The van der Waals surface area contributed by atoms with Crippen LogP contribution < -0.4 is 5.56 Å². The molecule has 4 rings (SSSR count). The minimum Gasteiger partial charge on any atom is -0.348 e. The van der Waals surface area contributed by atoms with Crippen molar-refractivity contribution in [3.63, 3.8) is 0 Å². The van der Waals surface area contributed by atoms with E-state index >= 15 is 0 Å². The first-order chi connectivity index (χ1) is 12.2. The maximum atomic E-state index is 12.9. The zero-order valence-electron chi connectivity index (χ0n) is 14.1. The van der Waals surface area contributed by atoms with Crippen molar-refractivity contribution in [1.29, 1.82) is 0 Å². The third-order valence-electron chi connectivity index (χ3n) is 4.91. The van der Waals surface area contributed by atoms with Crippen molar-refractivity contribution in [3.05, 3.63) is 65.0 Å². The average Bonchev–Trinajstić information content (AvgIpc) is 3.12. The summed E-state index contributed by atoms with van der Waals surface area (Å²) in [5, 5.41) is 0.539. The van der Waals surface area contributed by atoms with Crippen molar-refractivity contribution in [3.8, 4) is 0 Å². The molecule has 0 fully saturated rings. The summed E-state index contributed by atoms with van der Waals surface area (Å²) in [6, 6.07) is 11.3. The minimum atomic E-state index is -0.174. The number of aromatic nitrogens is 3. The van der Waals surface area contributed by atoms with Gasteiger partial charge in [0.25, 0.3) is 5.56 Å². The Bertz CT molecular complexity index is 988. The Labute approximate surface area is 145 Å². The van der Waals surface area contributed by atoms with Gasteiger partial charge in [0.15, 0.2) is 0 Å². The number of para-hydroxylation sites is 1. The van der Waals surface area contributed by atoms with Gasteiger partial charge in [0.05, 0.1) is 23.3 Å². The van der Waals surface area contributed by atoms with Gasteiger partial charge in [0, 0.05) is 25.0 Å². The van der Waals surface area contributed by atoms with Crippen LogP contribution in [0.1, 0.15) is 25.1 Å². The van der Waals surface area contributed by atoms with Crippen molar-refractivity contribution in [2.24, 2.45) is 0 Å². The third kappa shape index (κ3) is 2.63. The lowest BCUT2D eigenvalue weighted by molar-refractivity contribution is -0.135. The molecule has 6 heteroatoms. The number of amides is 1. The van der Waals surface area contributed by atoms with Gasteiger partial charge in [-0.1, -0.05) is 19.1 Å². The fourth-order valence-electron chi connectivity index (χ4n) is 3.65. The van der Waals surface area contributed by atoms with Crippen LogP contribution in [0.3, 0.4) is 0 Å². The highest BCUT2D eigenvalue weighted by Gasteiger charge is 2.29. The zero-order valence-corrected chi connectivity index (χ0v) is 14.1. The standard InChI is InChI=1S/C19H20N4O2/c1-2-16-17-8-5-9-21(17)10-11-23(16)18(24)12-22-13-20-15-7-4-3-6-14(15)19(22)25/h3-9,13,16H,2,10-12H2,1H3/t16-/m1/s1. The predicted octanol–water partition coefficient (Wildman–Crippen LogP) is 2.19. The van der Waals surface area contributed by atoms with Crippen LogP contribution in [0, 0.1) is 0 Å². The molecule has 1 aliphatic rings. The van der Waals surface area contributed by atoms with E-state index in [0.29, 0.717) is 17.4 Å². The average molecular weight is 336 g/mol. The molecule has 128 valence electrons. The molecule has 0 radical (unpaired) electrons. The molecule has 1 aromatic carbocycles. The van der Waals surface area contributed by atoms with Crippen molar-refractivity contribution >= 4 is 16.8 Å². The van der Waals surface area contributed by atoms with Gasteiger partial charge in [-0.2, -0.15) is 0 Å². The molecule has 2 aromatic heterocycles. The molecule has 0 bridgehead atoms. The lowest BCUT2D eigenvalue weighted by Gasteiger charge is -2.36. The highest BCUT2D eigenvalue weighted by atomic mass is 16.2. The Hall–Kier alpha value is -2.89. The highest BCUT2D eigenvalue weighted by molar-refractivity contribution is 5.79. The van der Waals surface area contributed by atoms with Gasteiger partial charge in [-0.25, -0.2) is 4.98 Å². The minimum absolute atomic E-state index is 0.0217. The van der Waals surface area contributed by atoms with E-state index in [1.807, 2.05) is 23.1 Å². The first-order valence-electron chi connectivity index (χ1n) is 8.57. The lowest BCUT2D eigenvalue weighted by Crippen LogP contribution is -2.44. The number of nitrogens with zero attached hydrogens (tertiary/aromatic N) is 4. The summed E-state index contributed by atoms with van der Waals surface area (Å²) < 4.78 is 3.60. The summed E-state index contributed by atoms with van der Waals surface area (Å²) in [6.07, 6.45) is 4.37. The lowest BCUT2D eigenvalue weighted by atomic mass is 10.1. The van der Waals surface area contributed by atoms with Crippen LogP contribution in [0.15, 0.2) is 53.7 Å². The Kier molecular flexibility index (Phi) is 3.87. The topological polar surface area (TPSA) is 60.1 Å². The zero-order chi connectivity index (χ0) is 17.4. The van der Waals surface area contributed by atoms with Crippen LogP contribution in [0.25, 0.3) is 10.9 Å². The van der Waals surface area contributed by atoms with Gasteiger partial charge in [0.1, 0.15) is 6.54 Å². The van der Waals surface area contributed by atoms with Crippen molar-refractivity contribution in [2.75, 3.05) is 6.54 Å². The molecule has 3 heterocycles. The predicted molar refractivity (Wildman–Crippen MR) is 95.2 cm³/mol. The number of benzene rings is 1. The van der Waals surface area contributed by atoms with Crippen molar-refractivity contribution in [2.45, 2.75) is 32.5 Å². The maximum Gasteiger partial charge on any atom is 0.261 e. The van der Waals surface area contributed by atoms with Crippen LogP contribution in [0.4, 0.5) is 0 Å². The highest BCUT2D eigenvalue weighted by Crippen LogP contribution is 2.28. The Morgan fingerprint density at radius 1 is 1.20 bits per heavy atom. The summed E-state index contributed by atoms with van der Waals surface area (Å²) >= 11 is 0. The van der Waals surface area contributed by atoms with Gasteiger partial charge in [-0.05, 0) is 30.7 Å². The molecule has 1 aliphatic heterocycles. The van der Waals surface area contributed by atoms with E-state index < -0.39 is 0 Å². The van der Waals surface area contributed by atoms with E-state index in [9.17, 15) is 9.59 Å². The first kappa shape index (κ1) is 15.6. The SMILES string of the molecule is CC[C@@H]1c2cccn2CCN1C(=O)Cn1cnc2ccccc2c1=O. The molecule has 1 atom stereocenters. The van der Waals surface area contributed by atoms with Crippen molar-refractivity contribution < 1.29 is 4.79 Å². The summed E-state index contributed by atoms with van der Waals surface area (Å²) in [4.78, 5) is 31.7. The van der Waals surface area contributed by atoms with Crippen LogP contribution in [-0.4, -0.2) is 31.5 Å². The van der Waals surface area contributed by atoms with Gasteiger partial charge in [0.2, 0.25) is 5.91 Å². The molecule has 0 saturated heterocycles. The molecule has 0 unspecified atom stereocenters. The van der Waals surface area contributed by atoms with Gasteiger partial charge in [-0.15, -0.1) is 0 Å². The van der Waals surface area contributed by atoms with E-state index in [0.717, 1.165) is 18.7 Å². The van der Waals surface area contributed by atoms with E-state index in [4.69, 9.17) is 0 Å². The second-order valence-electron chi connectivity index (χ2n) is 6.33. The van der Waals surface area contributed by atoms with Gasteiger partial charge >= 0.3 is 0 Å². The van der Waals surface area contributed by atoms with E-state index in [-0.39, 0.29) is 24.1 Å². The van der Waals surface area contributed by atoms with Crippen LogP contribution in [0.5, 0.6) is 0 Å². The molecule has 0 spiro atoms. The van der Waals surface area contributed by atoms with E-state index in [1.165, 1.54) is 10.9 Å². The van der Waals surface area contributed by atoms with Crippen LogP contribution in [0.2, 0.25) is 0 Å². The number of carbonyl (C=O) groups is 1. The molecular formula is C19H20N4O2. The maximum absolute atomic E-state index is 12.9. The van der Waals surface area contributed by atoms with E-state index in [1.54, 1.807) is 12.1 Å². The largest absolute Gasteiger partial charge is 0.348 e. The molecule has 25 heavy (non-hydrogen) atoms. The number of rotatable bonds is 3.